The van der Waals surface area contributed by atoms with Gasteiger partial charge in [0.1, 0.15) is 0 Å². The Morgan fingerprint density at radius 2 is 2.25 bits per heavy atom. The van der Waals surface area contributed by atoms with Gasteiger partial charge in [-0.2, -0.15) is 0 Å². The molecule has 0 spiro atoms. The first-order valence-corrected chi connectivity index (χ1v) is 4.39. The van der Waals surface area contributed by atoms with E-state index in [2.05, 4.69) is 48.3 Å². The Hall–Kier alpha value is -1.05. The highest BCUT2D eigenvalue weighted by Gasteiger charge is 2.03. The molecule has 2 heteroatoms. The van der Waals surface area contributed by atoms with Crippen molar-refractivity contribution in [1.82, 2.24) is 0 Å². The summed E-state index contributed by atoms with van der Waals surface area (Å²) in [5.74, 6) is 0.696. The van der Waals surface area contributed by atoms with Gasteiger partial charge in [0.05, 0.1) is 5.69 Å². The number of nitrogens with zero attached hydrogens (tertiary/aromatic N) is 1. The van der Waals surface area contributed by atoms with E-state index in [9.17, 15) is 0 Å². The monoisotopic (exact) mass is 165 g/mol. The highest BCUT2D eigenvalue weighted by atomic mass is 15.0. The molecule has 0 fully saturated rings. The molecule has 1 aromatic rings. The number of rotatable bonds is 3. The Morgan fingerprint density at radius 1 is 1.50 bits per heavy atom. The number of anilines is 1. The second kappa shape index (κ2) is 4.10. The predicted octanol–water partition coefficient (Wildman–Crippen LogP) is 1.67. The van der Waals surface area contributed by atoms with E-state index in [0.29, 0.717) is 5.92 Å². The molecule has 0 aromatic carbocycles. The number of pyridine rings is 1. The Kier molecular flexibility index (Phi) is 3.09. The third-order valence-corrected chi connectivity index (χ3v) is 1.72. The smallest absolute Gasteiger partial charge is 0.192 e. The normalized spacial score (nSPS) is 10.3. The van der Waals surface area contributed by atoms with Crippen molar-refractivity contribution in [3.8, 4) is 0 Å². The molecule has 1 aromatic heterocycles. The summed E-state index contributed by atoms with van der Waals surface area (Å²) in [6, 6.07) is 4.13. The average molecular weight is 165 g/mol. The van der Waals surface area contributed by atoms with Gasteiger partial charge in [0.15, 0.2) is 18.9 Å². The fraction of sp³-hybridized carbons (Fsp3) is 0.500. The lowest BCUT2D eigenvalue weighted by Crippen LogP contribution is -2.35. The summed E-state index contributed by atoms with van der Waals surface area (Å²) in [6.07, 6.45) is 4.22. The van der Waals surface area contributed by atoms with Gasteiger partial charge in [-0.3, -0.25) is 0 Å². The van der Waals surface area contributed by atoms with Gasteiger partial charge < -0.3 is 5.32 Å². The SMILES string of the molecule is CNc1ccc[n+](CC(C)C)c1. The summed E-state index contributed by atoms with van der Waals surface area (Å²) in [5, 5.41) is 3.12. The van der Waals surface area contributed by atoms with E-state index in [0.717, 1.165) is 12.2 Å². The first-order valence-electron chi connectivity index (χ1n) is 4.39. The van der Waals surface area contributed by atoms with E-state index in [1.807, 2.05) is 7.05 Å². The molecule has 1 N–H and O–H groups in total. The minimum Gasteiger partial charge on any atom is -0.383 e. The van der Waals surface area contributed by atoms with Crippen LogP contribution in [0.1, 0.15) is 13.8 Å². The molecule has 0 saturated carbocycles. The van der Waals surface area contributed by atoms with E-state index in [4.69, 9.17) is 0 Å². The number of hydrogen-bond acceptors (Lipinski definition) is 1. The quantitative estimate of drug-likeness (QED) is 0.674. The van der Waals surface area contributed by atoms with Crippen LogP contribution in [-0.4, -0.2) is 7.05 Å². The van der Waals surface area contributed by atoms with Crippen LogP contribution in [0, 0.1) is 5.92 Å². The molecular formula is C10H17N2+. The van der Waals surface area contributed by atoms with Gasteiger partial charge in [-0.15, -0.1) is 0 Å². The molecule has 2 nitrogen and oxygen atoms in total. The van der Waals surface area contributed by atoms with Crippen LogP contribution in [0.15, 0.2) is 24.5 Å². The standard InChI is InChI=1S/C10H17N2/c1-9(2)7-12-6-4-5-10(8-12)11-3/h4-6,8-9,11H,7H2,1-3H3/q+1. The Labute approximate surface area is 74.2 Å². The van der Waals surface area contributed by atoms with Crippen LogP contribution in [-0.2, 0) is 6.54 Å². The van der Waals surface area contributed by atoms with Crippen molar-refractivity contribution in [3.05, 3.63) is 24.5 Å². The maximum Gasteiger partial charge on any atom is 0.192 e. The largest absolute Gasteiger partial charge is 0.383 e. The second-order valence-electron chi connectivity index (χ2n) is 3.43. The van der Waals surface area contributed by atoms with E-state index in [1.54, 1.807) is 0 Å². The summed E-state index contributed by atoms with van der Waals surface area (Å²) in [5.41, 5.74) is 1.16. The zero-order valence-corrected chi connectivity index (χ0v) is 8.04. The van der Waals surface area contributed by atoms with Crippen LogP contribution in [0.3, 0.4) is 0 Å². The van der Waals surface area contributed by atoms with Crippen molar-refractivity contribution in [2.45, 2.75) is 20.4 Å². The predicted molar refractivity (Wildman–Crippen MR) is 51.0 cm³/mol. The average Bonchev–Trinajstić information content (AvgIpc) is 2.03. The highest BCUT2D eigenvalue weighted by molar-refractivity contribution is 5.36. The molecule has 0 radical (unpaired) electrons. The fourth-order valence-electron chi connectivity index (χ4n) is 1.21. The summed E-state index contributed by atoms with van der Waals surface area (Å²) >= 11 is 0. The highest BCUT2D eigenvalue weighted by Crippen LogP contribution is 2.00. The maximum absolute atomic E-state index is 3.12. The van der Waals surface area contributed by atoms with Crippen LogP contribution >= 0.6 is 0 Å². The summed E-state index contributed by atoms with van der Waals surface area (Å²) in [6.45, 7) is 5.52. The second-order valence-corrected chi connectivity index (χ2v) is 3.43. The molecule has 0 aliphatic heterocycles. The Balaban J connectivity index is 2.72. The van der Waals surface area contributed by atoms with Gasteiger partial charge in [-0.1, -0.05) is 13.8 Å². The third-order valence-electron chi connectivity index (χ3n) is 1.72. The number of aromatic nitrogens is 1. The molecule has 0 atom stereocenters. The molecule has 0 bridgehead atoms. The lowest BCUT2D eigenvalue weighted by atomic mass is 10.2. The molecule has 0 saturated heterocycles. The van der Waals surface area contributed by atoms with E-state index >= 15 is 0 Å². The zero-order valence-electron chi connectivity index (χ0n) is 8.04. The van der Waals surface area contributed by atoms with Crippen LogP contribution < -0.4 is 9.88 Å². The minimum atomic E-state index is 0.696. The molecule has 0 aliphatic carbocycles. The van der Waals surface area contributed by atoms with Crippen LogP contribution in [0.2, 0.25) is 0 Å². The van der Waals surface area contributed by atoms with Crippen molar-refractivity contribution in [2.75, 3.05) is 12.4 Å². The molecule has 12 heavy (non-hydrogen) atoms. The molecule has 1 heterocycles. The lowest BCUT2D eigenvalue weighted by Gasteiger charge is -2.01. The van der Waals surface area contributed by atoms with E-state index in [1.165, 1.54) is 0 Å². The Morgan fingerprint density at radius 3 is 2.83 bits per heavy atom. The molecule has 0 unspecified atom stereocenters. The summed E-state index contributed by atoms with van der Waals surface area (Å²) < 4.78 is 2.20. The maximum atomic E-state index is 3.12. The Bertz CT molecular complexity index is 243. The first-order chi connectivity index (χ1) is 5.72. The van der Waals surface area contributed by atoms with Gasteiger partial charge >= 0.3 is 0 Å². The van der Waals surface area contributed by atoms with Crippen molar-refractivity contribution in [3.63, 3.8) is 0 Å². The van der Waals surface area contributed by atoms with Crippen LogP contribution in [0.5, 0.6) is 0 Å². The lowest BCUT2D eigenvalue weighted by molar-refractivity contribution is -0.701. The molecule has 0 aliphatic rings. The van der Waals surface area contributed by atoms with Gasteiger partial charge in [0, 0.05) is 19.0 Å². The zero-order chi connectivity index (χ0) is 8.97. The third kappa shape index (κ3) is 2.53. The molecule has 66 valence electrons. The topological polar surface area (TPSA) is 15.9 Å². The van der Waals surface area contributed by atoms with Gasteiger partial charge in [0.25, 0.3) is 0 Å². The number of hydrogen-bond donors (Lipinski definition) is 1. The van der Waals surface area contributed by atoms with Gasteiger partial charge in [-0.25, -0.2) is 4.57 Å². The van der Waals surface area contributed by atoms with Crippen molar-refractivity contribution in [1.29, 1.82) is 0 Å². The van der Waals surface area contributed by atoms with Crippen LogP contribution in [0.4, 0.5) is 5.69 Å². The van der Waals surface area contributed by atoms with Crippen LogP contribution in [0.25, 0.3) is 0 Å². The minimum absolute atomic E-state index is 0.696. The van der Waals surface area contributed by atoms with Gasteiger partial charge in [0.2, 0.25) is 0 Å². The van der Waals surface area contributed by atoms with E-state index in [-0.39, 0.29) is 0 Å². The first kappa shape index (κ1) is 9.04. The molecule has 1 rings (SSSR count). The van der Waals surface area contributed by atoms with Crippen molar-refractivity contribution >= 4 is 5.69 Å². The summed E-state index contributed by atoms with van der Waals surface area (Å²) in [4.78, 5) is 0. The molecular weight excluding hydrogens is 148 g/mol. The van der Waals surface area contributed by atoms with Crippen molar-refractivity contribution < 1.29 is 4.57 Å². The van der Waals surface area contributed by atoms with Gasteiger partial charge in [-0.05, 0) is 6.07 Å². The molecule has 0 amide bonds. The summed E-state index contributed by atoms with van der Waals surface area (Å²) in [7, 11) is 1.94. The van der Waals surface area contributed by atoms with Crippen molar-refractivity contribution in [2.24, 2.45) is 5.92 Å². The fourth-order valence-corrected chi connectivity index (χ4v) is 1.21. The van der Waals surface area contributed by atoms with E-state index < -0.39 is 0 Å². The number of nitrogens with one attached hydrogen (secondary N) is 1.